The Morgan fingerprint density at radius 1 is 0.600 bits per heavy atom. The van der Waals surface area contributed by atoms with Gasteiger partial charge in [0.05, 0.1) is 0 Å². The smallest absolute Gasteiger partial charge is 0.0448 e. The quantitative estimate of drug-likeness (QED) is 0.123. The summed E-state index contributed by atoms with van der Waals surface area (Å²) >= 11 is 17.0. The minimum atomic E-state index is 1.19. The van der Waals surface area contributed by atoms with E-state index in [1.807, 2.05) is 0 Å². The van der Waals surface area contributed by atoms with E-state index >= 15 is 0 Å². The van der Waals surface area contributed by atoms with Gasteiger partial charge in [0.25, 0.3) is 0 Å². The van der Waals surface area contributed by atoms with Crippen molar-refractivity contribution in [3.05, 3.63) is 47.5 Å². The van der Waals surface area contributed by atoms with Crippen LogP contribution >= 0.6 is 122 Å². The molecule has 0 bridgehead atoms. The highest BCUT2D eigenvalue weighted by molar-refractivity contribution is 14.1. The Kier molecular flexibility index (Phi) is 5.51. The van der Waals surface area contributed by atoms with Gasteiger partial charge in [-0.3, -0.25) is 0 Å². The summed E-state index contributed by atoms with van der Waals surface area (Å²) in [6, 6.07) is 8.98. The summed E-state index contributed by atoms with van der Waals surface area (Å²) in [5.41, 5.74) is 0. The maximum Gasteiger partial charge on any atom is 0.0448 e. The molecule has 0 aliphatic heterocycles. The normalized spacial score (nSPS) is 11.5. The monoisotopic (exact) mass is 837 g/mol. The average molecular weight is 840 g/mol. The van der Waals surface area contributed by atoms with E-state index in [9.17, 15) is 0 Å². The molecule has 3 aromatic rings. The lowest BCUT2D eigenvalue weighted by atomic mass is 10.0. The van der Waals surface area contributed by atoms with Crippen molar-refractivity contribution in [2.75, 3.05) is 0 Å². The SMILES string of the molecule is Brc1c(I)cc2c(ccc3c(I)c(Br)c(I)cc32)c1I. The van der Waals surface area contributed by atoms with Crippen LogP contribution in [-0.4, -0.2) is 0 Å². The fourth-order valence-electron chi connectivity index (χ4n) is 2.16. The Morgan fingerprint density at radius 3 is 1.30 bits per heavy atom. The van der Waals surface area contributed by atoms with Crippen LogP contribution in [0.1, 0.15) is 0 Å². The Balaban J connectivity index is 2.60. The maximum absolute atomic E-state index is 3.68. The molecule has 3 aromatic carbocycles. The molecule has 6 heteroatoms. The molecular weight excluding hydrogens is 836 g/mol. The molecule has 0 saturated heterocycles. The van der Waals surface area contributed by atoms with E-state index in [1.165, 1.54) is 44.8 Å². The molecule has 0 nitrogen and oxygen atoms in total. The summed E-state index contributed by atoms with van der Waals surface area (Å²) in [5, 5.41) is 5.25. The van der Waals surface area contributed by atoms with Gasteiger partial charge in [0.2, 0.25) is 0 Å². The minimum Gasteiger partial charge on any atom is -0.0526 e. The number of fused-ring (bicyclic) bond motifs is 3. The lowest BCUT2D eigenvalue weighted by molar-refractivity contribution is 1.58. The lowest BCUT2D eigenvalue weighted by Crippen LogP contribution is -1.90. The van der Waals surface area contributed by atoms with Crippen LogP contribution in [0.4, 0.5) is 0 Å². The van der Waals surface area contributed by atoms with Crippen LogP contribution in [0, 0.1) is 14.3 Å². The van der Waals surface area contributed by atoms with E-state index in [2.05, 4.69) is 146 Å². The molecule has 0 atom stereocenters. The van der Waals surface area contributed by atoms with E-state index in [-0.39, 0.29) is 0 Å². The molecule has 0 amide bonds. The molecule has 0 N–H and O–H groups in total. The van der Waals surface area contributed by atoms with Gasteiger partial charge in [0.1, 0.15) is 0 Å². The first-order valence-corrected chi connectivity index (χ1v) is 11.4. The Bertz CT molecular complexity index is 802. The van der Waals surface area contributed by atoms with Gasteiger partial charge in [-0.25, -0.2) is 0 Å². The molecule has 0 aliphatic carbocycles. The zero-order valence-electron chi connectivity index (χ0n) is 9.58. The van der Waals surface area contributed by atoms with Crippen LogP contribution in [0.3, 0.4) is 0 Å². The molecule has 0 saturated carbocycles. The van der Waals surface area contributed by atoms with E-state index in [4.69, 9.17) is 0 Å². The second-order valence-corrected chi connectivity index (χ2v) is 10.3. The van der Waals surface area contributed by atoms with E-state index < -0.39 is 0 Å². The second kappa shape index (κ2) is 6.52. The minimum absolute atomic E-state index is 1.19. The molecule has 0 aliphatic rings. The van der Waals surface area contributed by atoms with Crippen molar-refractivity contribution in [1.82, 2.24) is 0 Å². The standard InChI is InChI=1S/C14H4Br2I4/c15-11-9(17)3-7-5(13(11)19)1-2-6-8(7)4-10(18)12(16)14(6)20/h1-4H. The predicted molar refractivity (Wildman–Crippen MR) is 128 cm³/mol. The Hall–Kier alpha value is 2.06. The molecular formula is C14H4Br2I4. The van der Waals surface area contributed by atoms with Crippen molar-refractivity contribution in [2.45, 2.75) is 0 Å². The molecule has 0 unspecified atom stereocenters. The van der Waals surface area contributed by atoms with Gasteiger partial charge in [-0.2, -0.15) is 0 Å². The van der Waals surface area contributed by atoms with Crippen molar-refractivity contribution >= 4 is 144 Å². The Morgan fingerprint density at radius 2 is 0.950 bits per heavy atom. The first-order chi connectivity index (χ1) is 9.41. The topological polar surface area (TPSA) is 0 Å². The summed E-state index contributed by atoms with van der Waals surface area (Å²) in [7, 11) is 0. The van der Waals surface area contributed by atoms with Crippen LogP contribution in [0.2, 0.25) is 0 Å². The van der Waals surface area contributed by atoms with Gasteiger partial charge < -0.3 is 0 Å². The van der Waals surface area contributed by atoms with Gasteiger partial charge in [-0.1, -0.05) is 12.1 Å². The van der Waals surface area contributed by atoms with Gasteiger partial charge in [-0.05, 0) is 156 Å². The van der Waals surface area contributed by atoms with Crippen molar-refractivity contribution in [3.63, 3.8) is 0 Å². The largest absolute Gasteiger partial charge is 0.0526 e. The van der Waals surface area contributed by atoms with Crippen LogP contribution in [0.25, 0.3) is 21.5 Å². The summed E-state index contributed by atoms with van der Waals surface area (Å²) < 4.78 is 7.43. The molecule has 102 valence electrons. The molecule has 20 heavy (non-hydrogen) atoms. The number of hydrogen-bond donors (Lipinski definition) is 0. The first kappa shape index (κ1) is 16.9. The van der Waals surface area contributed by atoms with Crippen LogP contribution in [-0.2, 0) is 0 Å². The lowest BCUT2D eigenvalue weighted by Gasteiger charge is -2.12. The van der Waals surface area contributed by atoms with Crippen molar-refractivity contribution in [3.8, 4) is 0 Å². The third kappa shape index (κ3) is 2.80. The number of rotatable bonds is 0. The van der Waals surface area contributed by atoms with E-state index in [0.717, 1.165) is 0 Å². The molecule has 0 aromatic heterocycles. The van der Waals surface area contributed by atoms with Gasteiger partial charge in [0, 0.05) is 23.2 Å². The molecule has 0 heterocycles. The van der Waals surface area contributed by atoms with Crippen molar-refractivity contribution in [1.29, 1.82) is 0 Å². The van der Waals surface area contributed by atoms with Gasteiger partial charge in [-0.15, -0.1) is 0 Å². The maximum atomic E-state index is 3.68. The third-order valence-corrected chi connectivity index (χ3v) is 11.7. The highest BCUT2D eigenvalue weighted by atomic mass is 127. The van der Waals surface area contributed by atoms with Gasteiger partial charge in [0.15, 0.2) is 0 Å². The van der Waals surface area contributed by atoms with Crippen LogP contribution < -0.4 is 0 Å². The van der Waals surface area contributed by atoms with Crippen molar-refractivity contribution in [2.24, 2.45) is 0 Å². The van der Waals surface area contributed by atoms with Crippen LogP contribution in [0.15, 0.2) is 33.2 Å². The predicted octanol–water partition coefficient (Wildman–Crippen LogP) is 7.94. The molecule has 3 rings (SSSR count). The summed E-state index contributed by atoms with van der Waals surface area (Å²) in [6.07, 6.45) is 0. The zero-order valence-corrected chi connectivity index (χ0v) is 21.4. The fourth-order valence-corrected chi connectivity index (χ4v) is 6.53. The molecule has 0 radical (unpaired) electrons. The van der Waals surface area contributed by atoms with E-state index in [1.54, 1.807) is 0 Å². The summed E-state index contributed by atoms with van der Waals surface area (Å²) in [6.45, 7) is 0. The van der Waals surface area contributed by atoms with Gasteiger partial charge >= 0.3 is 0 Å². The third-order valence-electron chi connectivity index (χ3n) is 3.11. The summed E-state index contributed by atoms with van der Waals surface area (Å²) in [4.78, 5) is 0. The average Bonchev–Trinajstić information content (AvgIpc) is 2.42. The van der Waals surface area contributed by atoms with Crippen molar-refractivity contribution < 1.29 is 0 Å². The number of halogens is 6. The van der Waals surface area contributed by atoms with E-state index in [0.29, 0.717) is 0 Å². The highest BCUT2D eigenvalue weighted by Gasteiger charge is 2.14. The first-order valence-electron chi connectivity index (χ1n) is 5.45. The fraction of sp³-hybridized carbons (Fsp3) is 0. The van der Waals surface area contributed by atoms with Crippen LogP contribution in [0.5, 0.6) is 0 Å². The molecule has 0 spiro atoms. The summed E-state index contributed by atoms with van der Waals surface area (Å²) in [5.74, 6) is 0. The Labute approximate surface area is 188 Å². The second-order valence-electron chi connectivity index (χ2n) is 4.23. The highest BCUT2D eigenvalue weighted by Crippen LogP contribution is 2.39. The molecule has 0 fully saturated rings. The zero-order chi connectivity index (χ0) is 14.6. The number of hydrogen-bond acceptors (Lipinski definition) is 0. The number of benzene rings is 3.